The molecule has 142 valence electrons. The molecule has 1 aromatic rings. The van der Waals surface area contributed by atoms with E-state index in [1.54, 1.807) is 24.3 Å². The van der Waals surface area contributed by atoms with Gasteiger partial charge in [-0.1, -0.05) is 29.4 Å². The molecule has 1 aromatic carbocycles. The molecule has 1 heterocycles. The molecule has 1 saturated heterocycles. The molecule has 2 amide bonds. The number of carbonyl (C=O) groups excluding carboxylic acids is 3. The van der Waals surface area contributed by atoms with E-state index in [4.69, 9.17) is 15.3 Å². The highest BCUT2D eigenvalue weighted by Crippen LogP contribution is 2.34. The second-order valence-electron chi connectivity index (χ2n) is 6.41. The molecule has 8 nitrogen and oxygen atoms in total. The van der Waals surface area contributed by atoms with Crippen molar-refractivity contribution in [3.05, 3.63) is 42.0 Å². The summed E-state index contributed by atoms with van der Waals surface area (Å²) in [6.45, 7) is -0.0158. The van der Waals surface area contributed by atoms with Crippen molar-refractivity contribution in [1.29, 1.82) is 0 Å². The molecular formula is C19H21N3O5. The number of ether oxygens (including phenoxy) is 1. The summed E-state index contributed by atoms with van der Waals surface area (Å²) in [4.78, 5) is 42.5. The molecule has 0 bridgehead atoms. The van der Waals surface area contributed by atoms with Gasteiger partial charge < -0.3 is 15.3 Å². The number of rotatable bonds is 6. The first-order valence-corrected chi connectivity index (χ1v) is 8.69. The number of amides is 2. The number of carbonyl (C=O) groups is 3. The largest absolute Gasteiger partial charge is 0.497 e. The van der Waals surface area contributed by atoms with Gasteiger partial charge in [-0.15, -0.1) is 0 Å². The minimum absolute atomic E-state index is 0.0158. The summed E-state index contributed by atoms with van der Waals surface area (Å²) in [5.41, 5.74) is 6.35. The van der Waals surface area contributed by atoms with Crippen LogP contribution in [0.15, 0.2) is 41.6 Å². The van der Waals surface area contributed by atoms with Crippen LogP contribution in [-0.4, -0.2) is 42.2 Å². The van der Waals surface area contributed by atoms with E-state index in [-0.39, 0.29) is 42.5 Å². The predicted octanol–water partition coefficient (Wildman–Crippen LogP) is 1.20. The van der Waals surface area contributed by atoms with Crippen molar-refractivity contribution in [1.82, 2.24) is 4.90 Å². The number of methoxy groups -OCH3 is 1. The zero-order chi connectivity index (χ0) is 19.4. The Morgan fingerprint density at radius 3 is 2.52 bits per heavy atom. The topological polar surface area (TPSA) is 111 Å². The smallest absolute Gasteiger partial charge is 0.336 e. The highest BCUT2D eigenvalue weighted by molar-refractivity contribution is 6.05. The number of amidine groups is 1. The normalized spacial score (nSPS) is 22.0. The molecule has 2 N–H and O–H groups in total. The van der Waals surface area contributed by atoms with E-state index in [0.717, 1.165) is 4.90 Å². The third-order valence-electron chi connectivity index (χ3n) is 4.75. The summed E-state index contributed by atoms with van der Waals surface area (Å²) in [5.74, 6) is -1.11. The lowest BCUT2D eigenvalue weighted by molar-refractivity contribution is -0.145. The van der Waals surface area contributed by atoms with Crippen LogP contribution in [-0.2, 0) is 19.2 Å². The van der Waals surface area contributed by atoms with Gasteiger partial charge in [0.15, 0.2) is 5.84 Å². The van der Waals surface area contributed by atoms with Gasteiger partial charge >= 0.3 is 5.97 Å². The molecule has 2 atom stereocenters. The van der Waals surface area contributed by atoms with E-state index in [9.17, 15) is 14.4 Å². The SMILES string of the molecule is COc1cccc(/C(N)=N\OC(=O)CCN2C(=O)[C@H]3CC=CC[C@@H]3C2=O)c1. The lowest BCUT2D eigenvalue weighted by Gasteiger charge is -2.14. The fraction of sp³-hybridized carbons (Fsp3) is 0.368. The number of oxime groups is 1. The number of benzene rings is 1. The van der Waals surface area contributed by atoms with Gasteiger partial charge in [0.05, 0.1) is 25.4 Å². The summed E-state index contributed by atoms with van der Waals surface area (Å²) in [6, 6.07) is 6.84. The lowest BCUT2D eigenvalue weighted by atomic mass is 9.85. The average molecular weight is 371 g/mol. The van der Waals surface area contributed by atoms with Crippen LogP contribution in [0.3, 0.4) is 0 Å². The van der Waals surface area contributed by atoms with Crippen molar-refractivity contribution in [3.8, 4) is 5.75 Å². The minimum Gasteiger partial charge on any atom is -0.497 e. The molecule has 27 heavy (non-hydrogen) atoms. The summed E-state index contributed by atoms with van der Waals surface area (Å²) < 4.78 is 5.09. The Hall–Kier alpha value is -3.16. The zero-order valence-corrected chi connectivity index (χ0v) is 15.0. The van der Waals surface area contributed by atoms with E-state index in [0.29, 0.717) is 24.2 Å². The first-order chi connectivity index (χ1) is 13.0. The Morgan fingerprint density at radius 1 is 1.22 bits per heavy atom. The van der Waals surface area contributed by atoms with Crippen LogP contribution in [0.25, 0.3) is 0 Å². The highest BCUT2D eigenvalue weighted by atomic mass is 16.7. The molecule has 0 unspecified atom stereocenters. The van der Waals surface area contributed by atoms with Gasteiger partial charge in [0.25, 0.3) is 0 Å². The molecule has 2 aliphatic rings. The first-order valence-electron chi connectivity index (χ1n) is 8.69. The van der Waals surface area contributed by atoms with Crippen molar-refractivity contribution in [2.24, 2.45) is 22.7 Å². The Labute approximate surface area is 156 Å². The van der Waals surface area contributed by atoms with E-state index in [1.165, 1.54) is 7.11 Å². The monoisotopic (exact) mass is 371 g/mol. The summed E-state index contributed by atoms with van der Waals surface area (Å²) in [5, 5.41) is 3.62. The third kappa shape index (κ3) is 3.99. The van der Waals surface area contributed by atoms with Gasteiger partial charge in [0.2, 0.25) is 11.8 Å². The molecular weight excluding hydrogens is 350 g/mol. The second kappa shape index (κ2) is 8.03. The predicted molar refractivity (Wildman–Crippen MR) is 96.5 cm³/mol. The third-order valence-corrected chi connectivity index (χ3v) is 4.75. The van der Waals surface area contributed by atoms with Gasteiger partial charge in [0.1, 0.15) is 5.75 Å². The highest BCUT2D eigenvalue weighted by Gasteiger charge is 2.46. The van der Waals surface area contributed by atoms with Crippen LogP contribution in [0.5, 0.6) is 5.75 Å². The zero-order valence-electron chi connectivity index (χ0n) is 15.0. The quantitative estimate of drug-likeness (QED) is 0.201. The Balaban J connectivity index is 1.54. The number of hydrogen-bond donors (Lipinski definition) is 1. The first kappa shape index (κ1) is 18.6. The van der Waals surface area contributed by atoms with Gasteiger partial charge in [-0.2, -0.15) is 0 Å². The average Bonchev–Trinajstić information content (AvgIpc) is 2.95. The number of nitrogens with zero attached hydrogens (tertiary/aromatic N) is 2. The molecule has 1 aliphatic carbocycles. The molecule has 0 aromatic heterocycles. The molecule has 1 fully saturated rings. The summed E-state index contributed by atoms with van der Waals surface area (Å²) in [7, 11) is 1.53. The van der Waals surface area contributed by atoms with Crippen LogP contribution in [0, 0.1) is 11.8 Å². The van der Waals surface area contributed by atoms with Crippen LogP contribution in [0.1, 0.15) is 24.8 Å². The van der Waals surface area contributed by atoms with Gasteiger partial charge in [-0.3, -0.25) is 14.5 Å². The molecule has 0 spiro atoms. The number of likely N-dealkylation sites (tertiary alicyclic amines) is 1. The Morgan fingerprint density at radius 2 is 1.89 bits per heavy atom. The van der Waals surface area contributed by atoms with Crippen LogP contribution < -0.4 is 10.5 Å². The summed E-state index contributed by atoms with van der Waals surface area (Å²) in [6.07, 6.45) is 4.83. The fourth-order valence-electron chi connectivity index (χ4n) is 3.27. The maximum Gasteiger partial charge on any atom is 0.336 e. The van der Waals surface area contributed by atoms with E-state index in [1.807, 2.05) is 12.2 Å². The van der Waals surface area contributed by atoms with Crippen molar-refractivity contribution < 1.29 is 24.0 Å². The van der Waals surface area contributed by atoms with Crippen molar-refractivity contribution in [2.75, 3.05) is 13.7 Å². The minimum atomic E-state index is -0.672. The Bertz CT molecular complexity index is 791. The van der Waals surface area contributed by atoms with Crippen LogP contribution in [0.4, 0.5) is 0 Å². The number of fused-ring (bicyclic) bond motifs is 1. The standard InChI is InChI=1S/C19H21N3O5/c1-26-13-6-4-5-12(11-13)17(20)21-27-16(23)9-10-22-18(24)14-7-2-3-8-15(14)19(22)25/h2-6,11,14-15H,7-10H2,1H3,(H2,20,21)/t14-,15-/m0/s1. The van der Waals surface area contributed by atoms with Crippen molar-refractivity contribution >= 4 is 23.6 Å². The molecule has 3 rings (SSSR count). The van der Waals surface area contributed by atoms with Crippen molar-refractivity contribution in [2.45, 2.75) is 19.3 Å². The second-order valence-corrected chi connectivity index (χ2v) is 6.41. The number of nitrogens with two attached hydrogens (primary N) is 1. The Kier molecular flexibility index (Phi) is 5.54. The van der Waals surface area contributed by atoms with Gasteiger partial charge in [0, 0.05) is 12.1 Å². The molecule has 0 saturated carbocycles. The lowest BCUT2D eigenvalue weighted by Crippen LogP contribution is -2.33. The van der Waals surface area contributed by atoms with Crippen LogP contribution in [0.2, 0.25) is 0 Å². The fourth-order valence-corrected chi connectivity index (χ4v) is 3.27. The van der Waals surface area contributed by atoms with Crippen LogP contribution >= 0.6 is 0 Å². The van der Waals surface area contributed by atoms with E-state index >= 15 is 0 Å². The maximum atomic E-state index is 12.3. The number of imide groups is 1. The maximum absolute atomic E-state index is 12.3. The van der Waals surface area contributed by atoms with Crippen molar-refractivity contribution in [3.63, 3.8) is 0 Å². The van der Waals surface area contributed by atoms with Gasteiger partial charge in [-0.25, -0.2) is 4.79 Å². The van der Waals surface area contributed by atoms with Gasteiger partial charge in [-0.05, 0) is 25.0 Å². The molecule has 0 radical (unpaired) electrons. The number of hydrogen-bond acceptors (Lipinski definition) is 6. The molecule has 8 heteroatoms. The number of allylic oxidation sites excluding steroid dienone is 2. The van der Waals surface area contributed by atoms with E-state index < -0.39 is 5.97 Å². The molecule has 1 aliphatic heterocycles. The summed E-state index contributed by atoms with van der Waals surface area (Å²) >= 11 is 0. The van der Waals surface area contributed by atoms with E-state index in [2.05, 4.69) is 5.16 Å².